The Bertz CT molecular complexity index is 1340. The Morgan fingerprint density at radius 2 is 1.33 bits per heavy atom. The fourth-order valence-electron chi connectivity index (χ4n) is 5.22. The van der Waals surface area contributed by atoms with E-state index in [0.29, 0.717) is 43.7 Å². The molecule has 6 N–H and O–H groups in total. The summed E-state index contributed by atoms with van der Waals surface area (Å²) in [5.74, 6) is -4.05. The molecule has 2 aromatic carbocycles. The standard InChI is InChI=1S/C33H43N5O7/c1-21(2)15-16-28(39)38-17-9-14-27(38)33(45)37-26(19-23-12-7-4-8-13-23)32(44)36-25(18-22-10-5-3-6-11-22)31(43)35-24(30(34)42)20-29(40)41/h3-8,10-13,21,24-27H,9,14-20H2,1-2H3,(H2,34,42)(H,35,43)(H,36,44)(H,37,45)(H,40,41)/t24-,25-,26-,27-/m0/s1. The quantitative estimate of drug-likeness (QED) is 0.187. The molecule has 1 aliphatic heterocycles. The van der Waals surface area contributed by atoms with Gasteiger partial charge in [0, 0.05) is 25.8 Å². The zero-order valence-corrected chi connectivity index (χ0v) is 25.7. The van der Waals surface area contributed by atoms with Crippen LogP contribution < -0.4 is 21.7 Å². The first-order chi connectivity index (χ1) is 21.4. The van der Waals surface area contributed by atoms with E-state index in [-0.39, 0.29) is 18.7 Å². The Balaban J connectivity index is 1.83. The number of nitrogens with zero attached hydrogens (tertiary/aromatic N) is 1. The van der Waals surface area contributed by atoms with Crippen LogP contribution in [0.2, 0.25) is 0 Å². The molecule has 4 atom stereocenters. The number of hydrogen-bond donors (Lipinski definition) is 5. The van der Waals surface area contributed by atoms with Crippen LogP contribution in [0.3, 0.4) is 0 Å². The molecule has 2 aromatic rings. The molecule has 242 valence electrons. The lowest BCUT2D eigenvalue weighted by Gasteiger charge is -2.28. The van der Waals surface area contributed by atoms with Gasteiger partial charge in [0.05, 0.1) is 6.42 Å². The lowest BCUT2D eigenvalue weighted by Crippen LogP contribution is -2.59. The summed E-state index contributed by atoms with van der Waals surface area (Å²) >= 11 is 0. The van der Waals surface area contributed by atoms with Crippen molar-refractivity contribution < 1.29 is 33.9 Å². The summed E-state index contributed by atoms with van der Waals surface area (Å²) in [6, 6.07) is 13.3. The van der Waals surface area contributed by atoms with Crippen molar-refractivity contribution in [3.05, 3.63) is 71.8 Å². The predicted octanol–water partition coefficient (Wildman–Crippen LogP) is 1.31. The zero-order chi connectivity index (χ0) is 32.9. The Morgan fingerprint density at radius 3 is 1.82 bits per heavy atom. The lowest BCUT2D eigenvalue weighted by atomic mass is 10.0. The van der Waals surface area contributed by atoms with Crippen molar-refractivity contribution in [2.24, 2.45) is 11.7 Å². The van der Waals surface area contributed by atoms with E-state index in [1.807, 2.05) is 19.9 Å². The second-order valence-corrected chi connectivity index (χ2v) is 11.7. The van der Waals surface area contributed by atoms with Crippen LogP contribution >= 0.6 is 0 Å². The van der Waals surface area contributed by atoms with Gasteiger partial charge < -0.3 is 31.7 Å². The molecule has 1 heterocycles. The highest BCUT2D eigenvalue weighted by Crippen LogP contribution is 2.20. The summed E-state index contributed by atoms with van der Waals surface area (Å²) in [5, 5.41) is 17.0. The molecule has 0 unspecified atom stereocenters. The molecule has 1 fully saturated rings. The molecule has 45 heavy (non-hydrogen) atoms. The Labute approximate surface area is 263 Å². The number of benzene rings is 2. The van der Waals surface area contributed by atoms with E-state index in [2.05, 4.69) is 16.0 Å². The summed E-state index contributed by atoms with van der Waals surface area (Å²) < 4.78 is 0. The molecule has 0 saturated carbocycles. The second kappa shape index (κ2) is 16.9. The van der Waals surface area contributed by atoms with Crippen LogP contribution in [0.4, 0.5) is 0 Å². The lowest BCUT2D eigenvalue weighted by molar-refractivity contribution is -0.141. The van der Waals surface area contributed by atoms with Crippen LogP contribution in [0, 0.1) is 5.92 Å². The van der Waals surface area contributed by atoms with E-state index in [0.717, 1.165) is 5.56 Å². The molecule has 0 aliphatic carbocycles. The number of rotatable bonds is 16. The van der Waals surface area contributed by atoms with Crippen LogP contribution in [0.15, 0.2) is 60.7 Å². The number of carboxylic acid groups (broad SMARTS) is 1. The van der Waals surface area contributed by atoms with Crippen LogP contribution in [-0.2, 0) is 41.6 Å². The monoisotopic (exact) mass is 621 g/mol. The van der Waals surface area contributed by atoms with E-state index >= 15 is 0 Å². The highest BCUT2D eigenvalue weighted by atomic mass is 16.4. The minimum atomic E-state index is -1.49. The number of carbonyl (C=O) groups excluding carboxylic acids is 5. The summed E-state index contributed by atoms with van der Waals surface area (Å²) in [6.45, 7) is 4.51. The van der Waals surface area contributed by atoms with Gasteiger partial charge >= 0.3 is 5.97 Å². The molecule has 1 aliphatic rings. The number of likely N-dealkylation sites (tertiary alicyclic amines) is 1. The number of primary amides is 1. The van der Waals surface area contributed by atoms with Crippen LogP contribution in [-0.4, -0.2) is 76.2 Å². The fraction of sp³-hybridized carbons (Fsp3) is 0.455. The Morgan fingerprint density at radius 1 is 0.822 bits per heavy atom. The average molecular weight is 622 g/mol. The maximum Gasteiger partial charge on any atom is 0.305 e. The number of nitrogens with two attached hydrogens (primary N) is 1. The van der Waals surface area contributed by atoms with E-state index in [9.17, 15) is 28.8 Å². The summed E-state index contributed by atoms with van der Waals surface area (Å²) in [6.07, 6.45) is 1.57. The van der Waals surface area contributed by atoms with Crippen molar-refractivity contribution in [1.82, 2.24) is 20.9 Å². The maximum atomic E-state index is 13.8. The van der Waals surface area contributed by atoms with Gasteiger partial charge in [-0.25, -0.2) is 0 Å². The molecule has 0 radical (unpaired) electrons. The summed E-state index contributed by atoms with van der Waals surface area (Å²) in [5.41, 5.74) is 6.77. The third-order valence-corrected chi connectivity index (χ3v) is 7.68. The van der Waals surface area contributed by atoms with Crippen molar-refractivity contribution >= 4 is 35.5 Å². The number of carbonyl (C=O) groups is 6. The van der Waals surface area contributed by atoms with Gasteiger partial charge in [-0.2, -0.15) is 0 Å². The molecule has 0 spiro atoms. The first-order valence-corrected chi connectivity index (χ1v) is 15.2. The maximum absolute atomic E-state index is 13.8. The summed E-state index contributed by atoms with van der Waals surface area (Å²) in [4.78, 5) is 78.4. The first-order valence-electron chi connectivity index (χ1n) is 15.2. The fourth-order valence-corrected chi connectivity index (χ4v) is 5.22. The van der Waals surface area contributed by atoms with Crippen LogP contribution in [0.5, 0.6) is 0 Å². The zero-order valence-electron chi connectivity index (χ0n) is 25.7. The second-order valence-electron chi connectivity index (χ2n) is 11.7. The SMILES string of the molecule is CC(C)CCC(=O)N1CCC[C@H]1C(=O)N[C@@H](Cc1ccccc1)C(=O)N[C@@H](Cc1ccccc1)C(=O)N[C@@H](CC(=O)O)C(N)=O. The highest BCUT2D eigenvalue weighted by Gasteiger charge is 2.36. The van der Waals surface area contributed by atoms with Crippen molar-refractivity contribution in [1.29, 1.82) is 0 Å². The largest absolute Gasteiger partial charge is 0.481 e. The number of amides is 5. The van der Waals surface area contributed by atoms with Gasteiger partial charge in [-0.3, -0.25) is 28.8 Å². The molecular formula is C33H43N5O7. The van der Waals surface area contributed by atoms with E-state index in [1.165, 1.54) is 0 Å². The average Bonchev–Trinajstić information content (AvgIpc) is 3.50. The highest BCUT2D eigenvalue weighted by molar-refractivity contribution is 5.96. The molecule has 5 amide bonds. The van der Waals surface area contributed by atoms with Gasteiger partial charge in [-0.1, -0.05) is 74.5 Å². The third-order valence-electron chi connectivity index (χ3n) is 7.68. The van der Waals surface area contributed by atoms with E-state index < -0.39 is 60.2 Å². The first kappa shape index (κ1) is 34.7. The van der Waals surface area contributed by atoms with Crippen molar-refractivity contribution in [2.45, 2.75) is 83.0 Å². The van der Waals surface area contributed by atoms with Gasteiger partial charge in [0.15, 0.2) is 0 Å². The Kier molecular flexibility index (Phi) is 13.1. The topological polar surface area (TPSA) is 188 Å². The van der Waals surface area contributed by atoms with E-state index in [1.54, 1.807) is 59.5 Å². The van der Waals surface area contributed by atoms with E-state index in [4.69, 9.17) is 10.8 Å². The molecule has 0 aromatic heterocycles. The molecule has 0 bridgehead atoms. The van der Waals surface area contributed by atoms with Gasteiger partial charge in [0.1, 0.15) is 24.2 Å². The Hall–Kier alpha value is -4.74. The molecule has 12 nitrogen and oxygen atoms in total. The molecule has 12 heteroatoms. The molecule has 3 rings (SSSR count). The minimum absolute atomic E-state index is 0.0176. The van der Waals surface area contributed by atoms with Gasteiger partial charge in [-0.05, 0) is 36.3 Å². The molecular weight excluding hydrogens is 578 g/mol. The van der Waals surface area contributed by atoms with Crippen molar-refractivity contribution in [3.8, 4) is 0 Å². The number of nitrogens with one attached hydrogen (secondary N) is 3. The number of carboxylic acids is 1. The normalized spacial score (nSPS) is 16.3. The number of aliphatic carboxylic acids is 1. The number of hydrogen-bond acceptors (Lipinski definition) is 6. The predicted molar refractivity (Wildman–Crippen MR) is 166 cm³/mol. The van der Waals surface area contributed by atoms with Gasteiger partial charge in [0.2, 0.25) is 29.5 Å². The smallest absolute Gasteiger partial charge is 0.305 e. The molecule has 1 saturated heterocycles. The van der Waals surface area contributed by atoms with Gasteiger partial charge in [-0.15, -0.1) is 0 Å². The van der Waals surface area contributed by atoms with Crippen LogP contribution in [0.1, 0.15) is 57.1 Å². The van der Waals surface area contributed by atoms with Gasteiger partial charge in [0.25, 0.3) is 0 Å². The van der Waals surface area contributed by atoms with Crippen molar-refractivity contribution in [2.75, 3.05) is 6.54 Å². The van der Waals surface area contributed by atoms with Crippen LogP contribution in [0.25, 0.3) is 0 Å². The third kappa shape index (κ3) is 11.0. The minimum Gasteiger partial charge on any atom is -0.481 e. The van der Waals surface area contributed by atoms with Crippen molar-refractivity contribution in [3.63, 3.8) is 0 Å². The summed E-state index contributed by atoms with van der Waals surface area (Å²) in [7, 11) is 0.